The summed E-state index contributed by atoms with van der Waals surface area (Å²) in [4.78, 5) is 0. The molecule has 0 aromatic heterocycles. The zero-order valence-corrected chi connectivity index (χ0v) is 21.4. The molecule has 3 saturated carbocycles. The smallest absolute Gasteiger partial charge is 0.114 e. The van der Waals surface area contributed by atoms with Gasteiger partial charge >= 0.3 is 0 Å². The van der Waals surface area contributed by atoms with Gasteiger partial charge in [-0.2, -0.15) is 0 Å². The third kappa shape index (κ3) is 6.01. The molecular weight excluding hydrogens is 412 g/mol. The van der Waals surface area contributed by atoms with Crippen molar-refractivity contribution in [3.05, 3.63) is 35.5 Å². The normalized spacial score (nSPS) is 38.3. The van der Waals surface area contributed by atoms with Gasteiger partial charge in [-0.25, -0.2) is 0 Å². The fraction of sp³-hybridized carbons (Fsp3) is 0.793. The summed E-state index contributed by atoms with van der Waals surface area (Å²) in [6, 6.07) is 0. The molecule has 188 valence electrons. The molecule has 0 spiro atoms. The first-order valence-corrected chi connectivity index (χ1v) is 13.4. The summed E-state index contributed by atoms with van der Waals surface area (Å²) < 4.78 is 5.46. The molecule has 7 atom stereocenters. The number of aliphatic hydroxyl groups is 3. The van der Waals surface area contributed by atoms with Crippen molar-refractivity contribution in [2.75, 3.05) is 13.2 Å². The maximum atomic E-state index is 10.6. The van der Waals surface area contributed by atoms with Crippen molar-refractivity contribution in [3.8, 4) is 0 Å². The summed E-state index contributed by atoms with van der Waals surface area (Å²) >= 11 is 0. The van der Waals surface area contributed by atoms with Gasteiger partial charge < -0.3 is 20.1 Å². The summed E-state index contributed by atoms with van der Waals surface area (Å²) in [7, 11) is 0. The molecule has 4 nitrogen and oxygen atoms in total. The van der Waals surface area contributed by atoms with E-state index in [-0.39, 0.29) is 13.2 Å². The number of hydrogen-bond donors (Lipinski definition) is 3. The Hall–Kier alpha value is -0.940. The lowest BCUT2D eigenvalue weighted by Crippen LogP contribution is -2.45. The van der Waals surface area contributed by atoms with Crippen LogP contribution in [0.1, 0.15) is 85.5 Å². The van der Waals surface area contributed by atoms with Gasteiger partial charge in [0.2, 0.25) is 0 Å². The van der Waals surface area contributed by atoms with E-state index in [9.17, 15) is 10.2 Å². The Morgan fingerprint density at radius 3 is 2.61 bits per heavy atom. The predicted molar refractivity (Wildman–Crippen MR) is 135 cm³/mol. The molecule has 0 amide bonds. The van der Waals surface area contributed by atoms with Gasteiger partial charge in [-0.05, 0) is 72.3 Å². The van der Waals surface area contributed by atoms with Crippen LogP contribution in [0.4, 0.5) is 0 Å². The van der Waals surface area contributed by atoms with Crippen LogP contribution in [0.5, 0.6) is 0 Å². The van der Waals surface area contributed by atoms with E-state index >= 15 is 0 Å². The Bertz CT molecular complexity index is 723. The standard InChI is InChI=1S/C29H48O4/c1-19(2)8-6-9-20(3)24-13-14-25-22(10-7-15-29(24,25)5)11-12-23-18-26(31)28(33-17-16-30)27(32)21(23)4/h11-12,19-20,24-28,30-32H,4,6-10,13-18H2,1-3,5H3/b22-11+,23-12-/t20-,24-,25+,26-,27-,28+,29-/m1/s1. The highest BCUT2D eigenvalue weighted by atomic mass is 16.5. The minimum absolute atomic E-state index is 0.104. The average Bonchev–Trinajstić information content (AvgIpc) is 3.12. The molecule has 3 aliphatic rings. The first-order valence-electron chi connectivity index (χ1n) is 13.4. The van der Waals surface area contributed by atoms with Crippen LogP contribution in [0.15, 0.2) is 35.5 Å². The molecule has 3 fully saturated rings. The number of rotatable bonds is 9. The van der Waals surface area contributed by atoms with Crippen molar-refractivity contribution in [1.82, 2.24) is 0 Å². The largest absolute Gasteiger partial charge is 0.394 e. The van der Waals surface area contributed by atoms with E-state index in [1.54, 1.807) is 5.57 Å². The third-order valence-electron chi connectivity index (χ3n) is 8.95. The quantitative estimate of drug-likeness (QED) is 0.420. The molecule has 3 N–H and O–H groups in total. The van der Waals surface area contributed by atoms with Crippen LogP contribution < -0.4 is 0 Å². The topological polar surface area (TPSA) is 69.9 Å². The van der Waals surface area contributed by atoms with Crippen molar-refractivity contribution in [2.45, 2.75) is 104 Å². The van der Waals surface area contributed by atoms with E-state index in [1.165, 1.54) is 44.9 Å². The molecule has 0 aliphatic heterocycles. The molecule has 0 unspecified atom stereocenters. The van der Waals surface area contributed by atoms with Gasteiger partial charge in [0.05, 0.1) is 19.3 Å². The van der Waals surface area contributed by atoms with Crippen LogP contribution in [0.25, 0.3) is 0 Å². The first-order chi connectivity index (χ1) is 15.7. The lowest BCUT2D eigenvalue weighted by molar-refractivity contribution is -0.101. The number of aliphatic hydroxyl groups excluding tert-OH is 3. The van der Waals surface area contributed by atoms with Gasteiger partial charge in [0.1, 0.15) is 12.2 Å². The van der Waals surface area contributed by atoms with Crippen molar-refractivity contribution in [1.29, 1.82) is 0 Å². The van der Waals surface area contributed by atoms with Crippen LogP contribution in [0.3, 0.4) is 0 Å². The molecular formula is C29H48O4. The van der Waals surface area contributed by atoms with Gasteiger partial charge in [-0.1, -0.05) is 71.3 Å². The van der Waals surface area contributed by atoms with E-state index in [2.05, 4.69) is 46.4 Å². The lowest BCUT2D eigenvalue weighted by atomic mass is 9.60. The number of fused-ring (bicyclic) bond motifs is 1. The molecule has 3 aliphatic carbocycles. The Kier molecular flexibility index (Phi) is 9.42. The van der Waals surface area contributed by atoms with Crippen LogP contribution in [-0.4, -0.2) is 46.8 Å². The summed E-state index contributed by atoms with van der Waals surface area (Å²) in [5, 5.41) is 30.1. The highest BCUT2D eigenvalue weighted by Crippen LogP contribution is 2.60. The summed E-state index contributed by atoms with van der Waals surface area (Å²) in [5.41, 5.74) is 3.48. The highest BCUT2D eigenvalue weighted by Gasteiger charge is 2.50. The summed E-state index contributed by atoms with van der Waals surface area (Å²) in [6.07, 6.45) is 12.7. The van der Waals surface area contributed by atoms with Crippen LogP contribution in [0, 0.1) is 29.1 Å². The van der Waals surface area contributed by atoms with Crippen LogP contribution >= 0.6 is 0 Å². The molecule has 33 heavy (non-hydrogen) atoms. The minimum Gasteiger partial charge on any atom is -0.394 e. The predicted octanol–water partition coefficient (Wildman–Crippen LogP) is 5.58. The minimum atomic E-state index is -0.941. The Morgan fingerprint density at radius 2 is 1.91 bits per heavy atom. The zero-order valence-electron chi connectivity index (χ0n) is 21.4. The average molecular weight is 461 g/mol. The Balaban J connectivity index is 1.70. The van der Waals surface area contributed by atoms with Crippen molar-refractivity contribution in [3.63, 3.8) is 0 Å². The van der Waals surface area contributed by atoms with E-state index in [0.29, 0.717) is 23.3 Å². The maximum Gasteiger partial charge on any atom is 0.114 e. The van der Waals surface area contributed by atoms with E-state index in [1.807, 2.05) is 0 Å². The fourth-order valence-corrected chi connectivity index (χ4v) is 7.11. The van der Waals surface area contributed by atoms with Crippen LogP contribution in [-0.2, 0) is 4.74 Å². The van der Waals surface area contributed by atoms with Crippen molar-refractivity contribution in [2.24, 2.45) is 29.1 Å². The van der Waals surface area contributed by atoms with Gasteiger partial charge in [0.25, 0.3) is 0 Å². The number of allylic oxidation sites excluding steroid dienone is 3. The third-order valence-corrected chi connectivity index (χ3v) is 8.95. The molecule has 4 heteroatoms. The van der Waals surface area contributed by atoms with E-state index in [4.69, 9.17) is 9.84 Å². The monoisotopic (exact) mass is 460 g/mol. The molecule has 0 heterocycles. The van der Waals surface area contributed by atoms with Crippen molar-refractivity contribution >= 4 is 0 Å². The van der Waals surface area contributed by atoms with Gasteiger partial charge in [0.15, 0.2) is 0 Å². The molecule has 3 rings (SSSR count). The number of ether oxygens (including phenoxy) is 1. The van der Waals surface area contributed by atoms with Gasteiger partial charge in [-0.15, -0.1) is 0 Å². The summed E-state index contributed by atoms with van der Waals surface area (Å²) in [5.74, 6) is 3.04. The van der Waals surface area contributed by atoms with E-state index < -0.39 is 18.3 Å². The first kappa shape index (κ1) is 26.7. The SMILES string of the molecule is C=C1/C(=C\C=C2/CCC[C@]3(C)[C@@H]([C@H](C)CCCC(C)C)CC[C@@H]23)C[C@@H](O)[C@H](OCCO)[C@@H]1O. The lowest BCUT2D eigenvalue weighted by Gasteiger charge is -2.44. The van der Waals surface area contributed by atoms with Gasteiger partial charge in [0, 0.05) is 6.42 Å². The molecule has 0 saturated heterocycles. The maximum absolute atomic E-state index is 10.6. The Morgan fingerprint density at radius 1 is 1.15 bits per heavy atom. The zero-order chi connectivity index (χ0) is 24.2. The Labute approximate surface area is 201 Å². The van der Waals surface area contributed by atoms with Crippen LogP contribution in [0.2, 0.25) is 0 Å². The van der Waals surface area contributed by atoms with E-state index in [0.717, 1.165) is 29.7 Å². The fourth-order valence-electron chi connectivity index (χ4n) is 7.11. The molecule has 0 aromatic rings. The second-order valence-corrected chi connectivity index (χ2v) is 11.6. The summed E-state index contributed by atoms with van der Waals surface area (Å²) in [6.45, 7) is 13.7. The number of hydrogen-bond acceptors (Lipinski definition) is 4. The highest BCUT2D eigenvalue weighted by molar-refractivity contribution is 5.40. The molecule has 0 aromatic carbocycles. The van der Waals surface area contributed by atoms with Crippen molar-refractivity contribution < 1.29 is 20.1 Å². The second-order valence-electron chi connectivity index (χ2n) is 11.6. The molecule has 0 bridgehead atoms. The molecule has 0 radical (unpaired) electrons. The van der Waals surface area contributed by atoms with Gasteiger partial charge in [-0.3, -0.25) is 0 Å². The second kappa shape index (κ2) is 11.7.